The minimum absolute atomic E-state index is 0.144. The van der Waals surface area contributed by atoms with E-state index in [4.69, 9.17) is 4.74 Å². The number of carbonyl (C=O) groups is 1. The van der Waals surface area contributed by atoms with Gasteiger partial charge in [-0.1, -0.05) is 12.1 Å². The normalized spacial score (nSPS) is 21.8. The molecule has 0 saturated carbocycles. The lowest BCUT2D eigenvalue weighted by Crippen LogP contribution is -2.55. The predicted molar refractivity (Wildman–Crippen MR) is 130 cm³/mol. The molecule has 2 atom stereocenters. The van der Waals surface area contributed by atoms with Crippen LogP contribution in [0.1, 0.15) is 45.9 Å². The SMILES string of the molecule is COc1cc(C)c2[nH]ccc2c1CN1CC[C@H](N2CC(C#N)C2)C[C@@H]1c1ccc(C(=O)O)cc1. The molecule has 7 nitrogen and oxygen atoms in total. The van der Waals surface area contributed by atoms with Gasteiger partial charge in [0.1, 0.15) is 5.75 Å². The summed E-state index contributed by atoms with van der Waals surface area (Å²) < 4.78 is 5.79. The zero-order valence-electron chi connectivity index (χ0n) is 19.6. The molecular formula is C27H30N4O3. The van der Waals surface area contributed by atoms with Crippen molar-refractivity contribution in [1.82, 2.24) is 14.8 Å². The first-order chi connectivity index (χ1) is 16.5. The van der Waals surface area contributed by atoms with Crippen LogP contribution >= 0.6 is 0 Å². The summed E-state index contributed by atoms with van der Waals surface area (Å²) in [5.41, 5.74) is 4.89. The van der Waals surface area contributed by atoms with Gasteiger partial charge >= 0.3 is 5.97 Å². The van der Waals surface area contributed by atoms with Crippen LogP contribution in [0.25, 0.3) is 10.9 Å². The maximum absolute atomic E-state index is 11.4. The third-order valence-electron chi connectivity index (χ3n) is 7.53. The number of nitrogens with zero attached hydrogens (tertiary/aromatic N) is 3. The molecule has 1 aromatic heterocycles. The molecule has 0 amide bonds. The van der Waals surface area contributed by atoms with E-state index in [-0.39, 0.29) is 12.0 Å². The van der Waals surface area contributed by atoms with E-state index in [1.165, 1.54) is 10.9 Å². The lowest BCUT2D eigenvalue weighted by Gasteiger charge is -2.48. The van der Waals surface area contributed by atoms with E-state index in [1.54, 1.807) is 19.2 Å². The lowest BCUT2D eigenvalue weighted by molar-refractivity contribution is 0.0118. The summed E-state index contributed by atoms with van der Waals surface area (Å²) in [7, 11) is 1.72. The molecule has 3 aromatic rings. The number of methoxy groups -OCH3 is 1. The highest BCUT2D eigenvalue weighted by molar-refractivity contribution is 5.88. The average molecular weight is 459 g/mol. The number of ether oxygens (including phenoxy) is 1. The van der Waals surface area contributed by atoms with E-state index in [0.717, 1.165) is 61.4 Å². The second kappa shape index (κ2) is 9.13. The second-order valence-corrected chi connectivity index (χ2v) is 9.51. The smallest absolute Gasteiger partial charge is 0.335 e. The monoisotopic (exact) mass is 458 g/mol. The quantitative estimate of drug-likeness (QED) is 0.571. The van der Waals surface area contributed by atoms with Crippen LogP contribution in [-0.2, 0) is 6.54 Å². The fourth-order valence-corrected chi connectivity index (χ4v) is 5.59. The molecule has 5 rings (SSSR count). The molecule has 0 bridgehead atoms. The molecule has 2 saturated heterocycles. The number of rotatable bonds is 6. The Morgan fingerprint density at radius 3 is 2.71 bits per heavy atom. The average Bonchev–Trinajstić information content (AvgIpc) is 3.31. The molecule has 34 heavy (non-hydrogen) atoms. The van der Waals surface area contributed by atoms with E-state index >= 15 is 0 Å². The summed E-state index contributed by atoms with van der Waals surface area (Å²) in [4.78, 5) is 19.7. The minimum atomic E-state index is -0.910. The van der Waals surface area contributed by atoms with E-state index in [1.807, 2.05) is 18.3 Å². The summed E-state index contributed by atoms with van der Waals surface area (Å²) in [6, 6.07) is 14.5. The third-order valence-corrected chi connectivity index (χ3v) is 7.53. The van der Waals surface area contributed by atoms with Gasteiger partial charge in [0.15, 0.2) is 0 Å². The van der Waals surface area contributed by atoms with Crippen LogP contribution in [0, 0.1) is 24.2 Å². The van der Waals surface area contributed by atoms with Crippen LogP contribution in [0.4, 0.5) is 0 Å². The van der Waals surface area contributed by atoms with Crippen molar-refractivity contribution >= 4 is 16.9 Å². The molecule has 7 heteroatoms. The predicted octanol–water partition coefficient (Wildman–Crippen LogP) is 4.34. The molecule has 0 unspecified atom stereocenters. The summed E-state index contributed by atoms with van der Waals surface area (Å²) in [5.74, 6) is 0.128. The third kappa shape index (κ3) is 4.04. The van der Waals surface area contributed by atoms with Crippen molar-refractivity contribution in [2.24, 2.45) is 5.92 Å². The van der Waals surface area contributed by atoms with Crippen molar-refractivity contribution < 1.29 is 14.6 Å². The van der Waals surface area contributed by atoms with Crippen LogP contribution in [0.2, 0.25) is 0 Å². The molecule has 0 radical (unpaired) electrons. The highest BCUT2D eigenvalue weighted by Gasteiger charge is 2.38. The van der Waals surface area contributed by atoms with Crippen LogP contribution < -0.4 is 4.74 Å². The van der Waals surface area contributed by atoms with Gasteiger partial charge in [-0.2, -0.15) is 5.26 Å². The Labute approximate surface area is 199 Å². The number of hydrogen-bond donors (Lipinski definition) is 2. The lowest BCUT2D eigenvalue weighted by atomic mass is 9.87. The maximum atomic E-state index is 11.4. The van der Waals surface area contributed by atoms with Gasteiger partial charge in [0.25, 0.3) is 0 Å². The summed E-state index contributed by atoms with van der Waals surface area (Å²) in [6.07, 6.45) is 3.98. The number of aromatic nitrogens is 1. The topological polar surface area (TPSA) is 92.6 Å². The van der Waals surface area contributed by atoms with E-state index in [0.29, 0.717) is 11.6 Å². The Kier molecular flexibility index (Phi) is 6.03. The van der Waals surface area contributed by atoms with Crippen LogP contribution in [0.5, 0.6) is 5.75 Å². The molecular weight excluding hydrogens is 428 g/mol. The largest absolute Gasteiger partial charge is 0.496 e. The highest BCUT2D eigenvalue weighted by atomic mass is 16.5. The Morgan fingerprint density at radius 2 is 2.03 bits per heavy atom. The Hall–Kier alpha value is -3.34. The number of fused-ring (bicyclic) bond motifs is 1. The van der Waals surface area contributed by atoms with Crippen LogP contribution in [0.3, 0.4) is 0 Å². The molecule has 3 heterocycles. The number of aromatic carboxylic acids is 1. The molecule has 2 fully saturated rings. The first-order valence-electron chi connectivity index (χ1n) is 11.8. The molecule has 0 aliphatic carbocycles. The van der Waals surface area contributed by atoms with Gasteiger partial charge in [-0.15, -0.1) is 0 Å². The van der Waals surface area contributed by atoms with Crippen molar-refractivity contribution in [3.8, 4) is 11.8 Å². The first kappa shape index (κ1) is 22.5. The van der Waals surface area contributed by atoms with E-state index in [2.05, 4.69) is 39.9 Å². The maximum Gasteiger partial charge on any atom is 0.335 e. The van der Waals surface area contributed by atoms with Gasteiger partial charge < -0.3 is 14.8 Å². The van der Waals surface area contributed by atoms with Gasteiger partial charge in [-0.25, -0.2) is 4.79 Å². The summed E-state index contributed by atoms with van der Waals surface area (Å²) >= 11 is 0. The van der Waals surface area contributed by atoms with Gasteiger partial charge in [0.05, 0.1) is 24.7 Å². The first-order valence-corrected chi connectivity index (χ1v) is 11.8. The number of H-pyrrole nitrogens is 1. The highest BCUT2D eigenvalue weighted by Crippen LogP contribution is 2.39. The van der Waals surface area contributed by atoms with Crippen molar-refractivity contribution in [2.75, 3.05) is 26.7 Å². The van der Waals surface area contributed by atoms with Crippen molar-refractivity contribution in [2.45, 2.75) is 38.4 Å². The number of piperidine rings is 1. The number of nitriles is 1. The van der Waals surface area contributed by atoms with E-state index < -0.39 is 5.97 Å². The fourth-order valence-electron chi connectivity index (χ4n) is 5.59. The zero-order chi connectivity index (χ0) is 23.8. The molecule has 2 aromatic carbocycles. The molecule has 2 aliphatic rings. The number of carboxylic acids is 1. The van der Waals surface area contributed by atoms with E-state index in [9.17, 15) is 15.2 Å². The number of nitrogens with one attached hydrogen (secondary N) is 1. The van der Waals surface area contributed by atoms with Gasteiger partial charge in [0, 0.05) is 60.9 Å². The molecule has 2 N–H and O–H groups in total. The van der Waals surface area contributed by atoms with Crippen LogP contribution in [0.15, 0.2) is 42.6 Å². The summed E-state index contributed by atoms with van der Waals surface area (Å²) in [5, 5.41) is 19.7. The number of aromatic amines is 1. The standard InChI is InChI=1S/C27H30N4O3/c1-17-11-25(34-2)23(22-7-9-29-26(17)22)16-30-10-8-21(31-14-18(13-28)15-31)12-24(30)19-3-5-20(6-4-19)27(32)33/h3-7,9,11,18,21,24,29H,8,10,12,14-16H2,1-2H3,(H,32,33)/t21-,24+/m0/s1. The molecule has 2 aliphatic heterocycles. The summed E-state index contributed by atoms with van der Waals surface area (Å²) in [6.45, 7) is 5.46. The number of likely N-dealkylation sites (tertiary alicyclic amines) is 2. The number of carboxylic acid groups (broad SMARTS) is 1. The Balaban J connectivity index is 1.46. The number of hydrogen-bond acceptors (Lipinski definition) is 5. The second-order valence-electron chi connectivity index (χ2n) is 9.51. The molecule has 176 valence electrons. The Morgan fingerprint density at radius 1 is 1.26 bits per heavy atom. The van der Waals surface area contributed by atoms with Gasteiger partial charge in [0.2, 0.25) is 0 Å². The minimum Gasteiger partial charge on any atom is -0.496 e. The van der Waals surface area contributed by atoms with Crippen molar-refractivity contribution in [3.05, 3.63) is 64.8 Å². The number of benzene rings is 2. The Bertz CT molecular complexity index is 1240. The van der Waals surface area contributed by atoms with Crippen molar-refractivity contribution in [3.63, 3.8) is 0 Å². The van der Waals surface area contributed by atoms with Crippen molar-refractivity contribution in [1.29, 1.82) is 5.26 Å². The van der Waals surface area contributed by atoms with Crippen LogP contribution in [-0.4, -0.2) is 58.6 Å². The van der Waals surface area contributed by atoms with Gasteiger partial charge in [-0.3, -0.25) is 9.80 Å². The molecule has 0 spiro atoms. The number of aryl methyl sites for hydroxylation is 1. The zero-order valence-corrected chi connectivity index (χ0v) is 19.6. The fraction of sp³-hybridized carbons (Fsp3) is 0.407. The van der Waals surface area contributed by atoms with Gasteiger partial charge in [-0.05, 0) is 55.2 Å².